The van der Waals surface area contributed by atoms with Gasteiger partial charge in [0.25, 0.3) is 0 Å². The maximum Gasteiger partial charge on any atom is 0.160 e. The van der Waals surface area contributed by atoms with E-state index in [-0.39, 0.29) is 0 Å². The van der Waals surface area contributed by atoms with E-state index in [0.717, 1.165) is 33.4 Å². The van der Waals surface area contributed by atoms with Crippen LogP contribution in [0.1, 0.15) is 0 Å². The van der Waals surface area contributed by atoms with E-state index in [1.54, 1.807) is 0 Å². The van der Waals surface area contributed by atoms with Crippen molar-refractivity contribution in [2.75, 3.05) is 0 Å². The summed E-state index contributed by atoms with van der Waals surface area (Å²) in [7, 11) is 1.22. The van der Waals surface area contributed by atoms with E-state index in [1.807, 2.05) is 18.3 Å². The van der Waals surface area contributed by atoms with Gasteiger partial charge in [0.15, 0.2) is 5.82 Å². The molecule has 0 bridgehead atoms. The number of aryl methyl sites for hydroxylation is 1. The second-order valence-electron chi connectivity index (χ2n) is 12.8. The van der Waals surface area contributed by atoms with Gasteiger partial charge < -0.3 is 4.57 Å². The maximum atomic E-state index is 5.17. The van der Waals surface area contributed by atoms with Gasteiger partial charge >= 0.3 is 0 Å². The molecule has 0 saturated heterocycles. The summed E-state index contributed by atoms with van der Waals surface area (Å²) in [5.74, 6) is 0.725. The summed E-state index contributed by atoms with van der Waals surface area (Å²) < 4.78 is 5.02. The zero-order valence-electron chi connectivity index (χ0n) is 27.4. The molecule has 236 valence electrons. The number of nitrogens with zero attached hydrogens (tertiary/aromatic N) is 4. The van der Waals surface area contributed by atoms with E-state index in [1.165, 1.54) is 54.2 Å². The van der Waals surface area contributed by atoms with Gasteiger partial charge in [-0.25, -0.2) is 9.97 Å². The standard InChI is InChI=1S/C45H31N4P/c1-48-39-23-13-11-21-36(39)42-43-40(49(45(42)48)50(34-17-4-2-5-18-34)35-19-6-3-7-20-35)27-26-37(44-46-29-33-16-10-12-22-38(33)47-44)41(43)32-25-24-30-14-8-9-15-31(30)28-32/h2-29H,1H3. The van der Waals surface area contributed by atoms with Gasteiger partial charge in [-0.15, -0.1) is 0 Å². The summed E-state index contributed by atoms with van der Waals surface area (Å²) in [6.45, 7) is 0. The Kier molecular flexibility index (Phi) is 6.65. The summed E-state index contributed by atoms with van der Waals surface area (Å²) in [4.78, 5) is 10.2. The van der Waals surface area contributed by atoms with Crippen molar-refractivity contribution in [2.45, 2.75) is 0 Å². The van der Waals surface area contributed by atoms with Gasteiger partial charge in [0.1, 0.15) is 5.65 Å². The minimum atomic E-state index is -0.994. The monoisotopic (exact) mass is 658 g/mol. The molecule has 0 aliphatic rings. The number of aromatic nitrogens is 4. The third-order valence-electron chi connectivity index (χ3n) is 9.91. The van der Waals surface area contributed by atoms with Crippen molar-refractivity contribution in [3.63, 3.8) is 0 Å². The van der Waals surface area contributed by atoms with Crippen molar-refractivity contribution in [2.24, 2.45) is 7.05 Å². The van der Waals surface area contributed by atoms with Crippen molar-refractivity contribution >= 4 is 73.2 Å². The van der Waals surface area contributed by atoms with Crippen molar-refractivity contribution in [1.29, 1.82) is 0 Å². The molecule has 3 heterocycles. The van der Waals surface area contributed by atoms with Crippen LogP contribution in [0.5, 0.6) is 0 Å². The maximum absolute atomic E-state index is 5.17. The molecule has 0 fully saturated rings. The van der Waals surface area contributed by atoms with Crippen LogP contribution in [-0.4, -0.2) is 18.9 Å². The smallest absolute Gasteiger partial charge is 0.160 e. The minimum Gasteiger partial charge on any atom is -0.330 e. The largest absolute Gasteiger partial charge is 0.330 e. The Morgan fingerprint density at radius 2 is 1.20 bits per heavy atom. The fourth-order valence-electron chi connectivity index (χ4n) is 7.66. The Bertz CT molecular complexity index is 2850. The summed E-state index contributed by atoms with van der Waals surface area (Å²) in [5.41, 5.74) is 7.87. The van der Waals surface area contributed by atoms with Crippen molar-refractivity contribution < 1.29 is 0 Å². The Balaban J connectivity index is 1.41. The number of para-hydroxylation sites is 2. The van der Waals surface area contributed by atoms with E-state index >= 15 is 0 Å². The van der Waals surface area contributed by atoms with Crippen LogP contribution in [0.15, 0.2) is 170 Å². The van der Waals surface area contributed by atoms with Crippen molar-refractivity contribution in [3.05, 3.63) is 170 Å². The number of fused-ring (bicyclic) bond motifs is 7. The summed E-state index contributed by atoms with van der Waals surface area (Å²) in [5, 5.41) is 9.77. The van der Waals surface area contributed by atoms with E-state index < -0.39 is 8.07 Å². The van der Waals surface area contributed by atoms with Gasteiger partial charge in [-0.3, -0.25) is 4.34 Å². The van der Waals surface area contributed by atoms with Crippen LogP contribution in [-0.2, 0) is 7.05 Å². The van der Waals surface area contributed by atoms with Crippen LogP contribution in [0.25, 0.3) is 77.0 Å². The van der Waals surface area contributed by atoms with Crippen molar-refractivity contribution in [3.8, 4) is 22.5 Å². The summed E-state index contributed by atoms with van der Waals surface area (Å²) in [6, 6.07) is 59.0. The number of hydrogen-bond acceptors (Lipinski definition) is 2. The first kappa shape index (κ1) is 28.9. The molecule has 10 rings (SSSR count). The van der Waals surface area contributed by atoms with Crippen LogP contribution >= 0.6 is 8.07 Å². The fraction of sp³-hybridized carbons (Fsp3) is 0.0222. The number of rotatable bonds is 5. The van der Waals surface area contributed by atoms with Gasteiger partial charge in [-0.1, -0.05) is 133 Å². The Morgan fingerprint density at radius 1 is 0.540 bits per heavy atom. The van der Waals surface area contributed by atoms with Gasteiger partial charge in [0.2, 0.25) is 0 Å². The van der Waals surface area contributed by atoms with Crippen LogP contribution in [0.4, 0.5) is 0 Å². The highest BCUT2D eigenvalue weighted by Gasteiger charge is 2.29. The summed E-state index contributed by atoms with van der Waals surface area (Å²) in [6.07, 6.45) is 1.95. The molecule has 50 heavy (non-hydrogen) atoms. The third-order valence-corrected chi connectivity index (χ3v) is 12.3. The molecule has 0 atom stereocenters. The van der Waals surface area contributed by atoms with E-state index in [4.69, 9.17) is 9.97 Å². The highest BCUT2D eigenvalue weighted by Crippen LogP contribution is 2.51. The normalized spacial score (nSPS) is 11.9. The lowest BCUT2D eigenvalue weighted by Crippen LogP contribution is -2.17. The second kappa shape index (κ2) is 11.5. The Morgan fingerprint density at radius 3 is 1.98 bits per heavy atom. The molecule has 7 aromatic carbocycles. The van der Waals surface area contributed by atoms with Crippen LogP contribution in [0.3, 0.4) is 0 Å². The van der Waals surface area contributed by atoms with E-state index in [2.05, 4.69) is 168 Å². The molecular formula is C45H31N4P. The average Bonchev–Trinajstić information content (AvgIpc) is 3.67. The molecule has 0 N–H and O–H groups in total. The lowest BCUT2D eigenvalue weighted by atomic mass is 9.92. The highest BCUT2D eigenvalue weighted by molar-refractivity contribution is 7.72. The second-order valence-corrected chi connectivity index (χ2v) is 14.8. The van der Waals surface area contributed by atoms with Gasteiger partial charge in [-0.05, 0) is 46.7 Å². The van der Waals surface area contributed by atoms with E-state index in [9.17, 15) is 0 Å². The number of hydrogen-bond donors (Lipinski definition) is 0. The molecule has 0 aliphatic carbocycles. The number of benzene rings is 7. The molecule has 0 aliphatic heterocycles. The SMILES string of the molecule is Cn1c2ccccc2c2c3c(-c4ccc5ccccc5c4)c(-c4ncc5ccccc5n4)ccc3n(P(c3ccccc3)c3ccccc3)c21. The predicted molar refractivity (Wildman–Crippen MR) is 212 cm³/mol. The molecule has 5 heteroatoms. The molecule has 4 nitrogen and oxygen atoms in total. The highest BCUT2D eigenvalue weighted by atomic mass is 31.1. The molecular weight excluding hydrogens is 627 g/mol. The molecule has 0 amide bonds. The molecule has 0 spiro atoms. The Labute approximate surface area is 290 Å². The molecule has 10 aromatic rings. The fourth-order valence-corrected chi connectivity index (χ4v) is 10.1. The lowest BCUT2D eigenvalue weighted by molar-refractivity contribution is 0.986. The average molecular weight is 659 g/mol. The molecule has 0 unspecified atom stereocenters. The first-order valence-electron chi connectivity index (χ1n) is 16.9. The first-order valence-corrected chi connectivity index (χ1v) is 18.2. The zero-order valence-corrected chi connectivity index (χ0v) is 28.3. The molecule has 0 radical (unpaired) electrons. The van der Waals surface area contributed by atoms with Gasteiger partial charge in [0.05, 0.1) is 24.6 Å². The lowest BCUT2D eigenvalue weighted by Gasteiger charge is -2.23. The first-order chi connectivity index (χ1) is 24.7. The molecule has 3 aromatic heterocycles. The van der Waals surface area contributed by atoms with Crippen LogP contribution in [0, 0.1) is 0 Å². The van der Waals surface area contributed by atoms with Crippen LogP contribution < -0.4 is 10.6 Å². The molecule has 0 saturated carbocycles. The quantitative estimate of drug-likeness (QED) is 0.173. The predicted octanol–water partition coefficient (Wildman–Crippen LogP) is 10.6. The van der Waals surface area contributed by atoms with Crippen LogP contribution in [0.2, 0.25) is 0 Å². The topological polar surface area (TPSA) is 35.6 Å². The Hall–Kier alpha value is -6.09. The van der Waals surface area contributed by atoms with Gasteiger partial charge in [-0.2, -0.15) is 0 Å². The zero-order chi connectivity index (χ0) is 33.2. The third kappa shape index (κ3) is 4.42. The summed E-state index contributed by atoms with van der Waals surface area (Å²) >= 11 is 0. The van der Waals surface area contributed by atoms with E-state index in [0.29, 0.717) is 0 Å². The minimum absolute atomic E-state index is 0.725. The van der Waals surface area contributed by atoms with Gasteiger partial charge in [0, 0.05) is 56.5 Å². The van der Waals surface area contributed by atoms with Crippen molar-refractivity contribution in [1.82, 2.24) is 18.9 Å².